The molecule has 0 spiro atoms. The van der Waals surface area contributed by atoms with Crippen molar-refractivity contribution in [3.63, 3.8) is 0 Å². The van der Waals surface area contributed by atoms with Crippen molar-refractivity contribution < 1.29 is 4.80 Å². The summed E-state index contributed by atoms with van der Waals surface area (Å²) < 4.78 is 0. The molecule has 0 aliphatic heterocycles. The highest BCUT2D eigenvalue weighted by Crippen LogP contribution is 2.25. The minimum atomic E-state index is -1.83. The van der Waals surface area contributed by atoms with Crippen LogP contribution in [0, 0.1) is 0 Å². The summed E-state index contributed by atoms with van der Waals surface area (Å²) in [4.78, 5) is 10.4. The van der Waals surface area contributed by atoms with Crippen LogP contribution in [-0.4, -0.2) is 27.3 Å². The average molecular weight is 207 g/mol. The molecule has 0 unspecified atom stereocenters. The quantitative estimate of drug-likeness (QED) is 0.688. The first-order valence-electron chi connectivity index (χ1n) is 4.22. The largest absolute Gasteiger partial charge is 0.437 e. The molecule has 0 saturated heterocycles. The number of hydrogen-bond donors (Lipinski definition) is 1. The van der Waals surface area contributed by atoms with Gasteiger partial charge in [-0.15, -0.1) is 0 Å². The summed E-state index contributed by atoms with van der Waals surface area (Å²) in [5, 5.41) is 0. The van der Waals surface area contributed by atoms with Crippen LogP contribution in [0.15, 0.2) is 0 Å². The summed E-state index contributed by atoms with van der Waals surface area (Å²) in [6, 6.07) is 0. The predicted octanol–water partition coefficient (Wildman–Crippen LogP) is 2.39. The molecule has 0 aromatic rings. The van der Waals surface area contributed by atoms with Crippen LogP contribution in [0.4, 0.5) is 0 Å². The first-order valence-corrected chi connectivity index (χ1v) is 15.7. The Kier molecular flexibility index (Phi) is 2.99. The van der Waals surface area contributed by atoms with Gasteiger partial charge in [0.15, 0.2) is 7.35 Å². The minimum Gasteiger partial charge on any atom is -0.437 e. The van der Waals surface area contributed by atoms with Gasteiger partial charge in [0.1, 0.15) is 0 Å². The average Bonchev–Trinajstić information content (AvgIpc) is 1.58. The van der Waals surface area contributed by atoms with Crippen molar-refractivity contribution in [2.75, 3.05) is 0 Å². The van der Waals surface area contributed by atoms with E-state index < -0.39 is 22.5 Å². The van der Waals surface area contributed by atoms with Gasteiger partial charge in [-0.05, 0) is 0 Å². The van der Waals surface area contributed by atoms with E-state index in [0.717, 1.165) is 0 Å². The molecule has 68 valence electrons. The highest BCUT2D eigenvalue weighted by Gasteiger charge is 2.50. The monoisotopic (exact) mass is 206 g/mol. The van der Waals surface area contributed by atoms with E-state index in [2.05, 4.69) is 45.8 Å². The van der Waals surface area contributed by atoms with Crippen molar-refractivity contribution in [1.82, 2.24) is 0 Å². The molecule has 4 heteroatoms. The predicted molar refractivity (Wildman–Crippen MR) is 60.5 cm³/mol. The molecule has 0 saturated carbocycles. The van der Waals surface area contributed by atoms with Gasteiger partial charge >= 0.3 is 0 Å². The zero-order valence-corrected chi connectivity index (χ0v) is 11.9. The van der Waals surface area contributed by atoms with Crippen LogP contribution < -0.4 is 0 Å². The fourth-order valence-corrected chi connectivity index (χ4v) is 30.4. The molecular weight excluding hydrogens is 184 g/mol. The zero-order valence-electron chi connectivity index (χ0n) is 8.95. The standard InChI is InChI=1S/C7H22OSi3/c1-9(2,3)11(7,8)10(4,5)6/h8H,1-7H3. The summed E-state index contributed by atoms with van der Waals surface area (Å²) in [5.74, 6) is 0. The molecule has 0 aliphatic carbocycles. The Morgan fingerprint density at radius 2 is 0.818 bits per heavy atom. The molecule has 1 nitrogen and oxygen atoms in total. The maximum atomic E-state index is 10.4. The van der Waals surface area contributed by atoms with E-state index in [1.807, 2.05) is 0 Å². The lowest BCUT2D eigenvalue weighted by Gasteiger charge is -2.42. The molecule has 0 heterocycles. The van der Waals surface area contributed by atoms with Gasteiger partial charge in [0.25, 0.3) is 0 Å². The molecule has 0 atom stereocenters. The lowest BCUT2D eigenvalue weighted by molar-refractivity contribution is 0.584. The van der Waals surface area contributed by atoms with E-state index in [-0.39, 0.29) is 0 Å². The third kappa shape index (κ3) is 2.27. The number of rotatable bonds is 2. The summed E-state index contributed by atoms with van der Waals surface area (Å²) in [7, 11) is -4.36. The van der Waals surface area contributed by atoms with Gasteiger partial charge in [0.2, 0.25) is 0 Å². The van der Waals surface area contributed by atoms with E-state index in [9.17, 15) is 4.80 Å². The molecule has 0 fully saturated rings. The van der Waals surface area contributed by atoms with Gasteiger partial charge in [-0.1, -0.05) is 45.8 Å². The zero-order chi connectivity index (χ0) is 9.50. The SMILES string of the molecule is C[Si](C)(C)[Si](C)(O)[Si](C)(C)C. The van der Waals surface area contributed by atoms with Gasteiger partial charge < -0.3 is 4.80 Å². The van der Waals surface area contributed by atoms with Crippen LogP contribution in [0.1, 0.15) is 0 Å². The fraction of sp³-hybridized carbons (Fsp3) is 1.00. The van der Waals surface area contributed by atoms with Gasteiger partial charge in [-0.2, -0.15) is 0 Å². The second-order valence-corrected chi connectivity index (χ2v) is 33.1. The number of hydrogen-bond acceptors (Lipinski definition) is 1. The van der Waals surface area contributed by atoms with E-state index in [1.165, 1.54) is 0 Å². The molecule has 0 bridgehead atoms. The Hall–Kier alpha value is 0.611. The second kappa shape index (κ2) is 2.83. The van der Waals surface area contributed by atoms with E-state index in [0.29, 0.717) is 0 Å². The van der Waals surface area contributed by atoms with Crippen molar-refractivity contribution in [2.24, 2.45) is 0 Å². The molecule has 1 N–H and O–H groups in total. The molecule has 0 aromatic carbocycles. The van der Waals surface area contributed by atoms with Gasteiger partial charge in [-0.3, -0.25) is 0 Å². The van der Waals surface area contributed by atoms with E-state index in [4.69, 9.17) is 0 Å². The Balaban J connectivity index is 4.75. The van der Waals surface area contributed by atoms with Crippen LogP contribution >= 0.6 is 0 Å². The van der Waals surface area contributed by atoms with Crippen molar-refractivity contribution in [3.05, 3.63) is 0 Å². The minimum absolute atomic E-state index is 1.26. The lowest BCUT2D eigenvalue weighted by atomic mass is 11.8. The van der Waals surface area contributed by atoms with Crippen molar-refractivity contribution in [2.45, 2.75) is 45.8 Å². The fourth-order valence-electron chi connectivity index (χ4n) is 1.12. The normalized spacial score (nSPS) is 15.3. The van der Waals surface area contributed by atoms with Crippen molar-refractivity contribution in [1.29, 1.82) is 0 Å². The summed E-state index contributed by atoms with van der Waals surface area (Å²) in [6.45, 7) is 16.0. The van der Waals surface area contributed by atoms with Crippen LogP contribution in [0.2, 0.25) is 45.8 Å². The summed E-state index contributed by atoms with van der Waals surface area (Å²) in [6.07, 6.45) is 0. The smallest absolute Gasteiger partial charge is 0.160 e. The summed E-state index contributed by atoms with van der Waals surface area (Å²) >= 11 is 0. The molecule has 0 radical (unpaired) electrons. The van der Waals surface area contributed by atoms with E-state index in [1.54, 1.807) is 0 Å². The molecular formula is C7H22OSi3. The Morgan fingerprint density at radius 3 is 0.818 bits per heavy atom. The van der Waals surface area contributed by atoms with Gasteiger partial charge in [-0.25, -0.2) is 0 Å². The van der Waals surface area contributed by atoms with Crippen LogP contribution in [0.5, 0.6) is 0 Å². The highest BCUT2D eigenvalue weighted by atomic mass is 29.7. The van der Waals surface area contributed by atoms with Crippen LogP contribution in [0.25, 0.3) is 0 Å². The Bertz CT molecular complexity index is 125. The third-order valence-electron chi connectivity index (χ3n) is 2.92. The lowest BCUT2D eigenvalue weighted by Crippen LogP contribution is -2.69. The maximum absolute atomic E-state index is 10.4. The van der Waals surface area contributed by atoms with Crippen molar-refractivity contribution >= 4 is 22.5 Å². The molecule has 0 rings (SSSR count). The van der Waals surface area contributed by atoms with Crippen LogP contribution in [-0.2, 0) is 0 Å². The third-order valence-corrected chi connectivity index (χ3v) is 39.8. The molecule has 0 aliphatic rings. The van der Waals surface area contributed by atoms with Crippen LogP contribution in [0.3, 0.4) is 0 Å². The summed E-state index contributed by atoms with van der Waals surface area (Å²) in [5.41, 5.74) is 0. The highest BCUT2D eigenvalue weighted by molar-refractivity contribution is 7.65. The second-order valence-electron chi connectivity index (χ2n) is 5.57. The first kappa shape index (κ1) is 11.6. The molecule has 11 heavy (non-hydrogen) atoms. The Labute approximate surface area is 73.6 Å². The van der Waals surface area contributed by atoms with Gasteiger partial charge in [0, 0.05) is 0 Å². The topological polar surface area (TPSA) is 20.2 Å². The molecule has 0 amide bonds. The maximum Gasteiger partial charge on any atom is 0.160 e. The van der Waals surface area contributed by atoms with E-state index >= 15 is 0 Å². The molecule has 0 aromatic heterocycles. The Morgan fingerprint density at radius 1 is 0.636 bits per heavy atom. The van der Waals surface area contributed by atoms with Crippen molar-refractivity contribution in [3.8, 4) is 0 Å². The first-order chi connectivity index (χ1) is 4.50. The van der Waals surface area contributed by atoms with Gasteiger partial charge in [0.05, 0.1) is 15.2 Å².